The fourth-order valence-corrected chi connectivity index (χ4v) is 4.45. The molecular formula is C18H33N3O2. The Morgan fingerprint density at radius 2 is 1.57 bits per heavy atom. The quantitative estimate of drug-likeness (QED) is 0.847. The predicted molar refractivity (Wildman–Crippen MR) is 91.3 cm³/mol. The fourth-order valence-electron chi connectivity index (χ4n) is 4.45. The van der Waals surface area contributed by atoms with Gasteiger partial charge in [-0.1, -0.05) is 19.3 Å². The molecule has 0 radical (unpaired) electrons. The van der Waals surface area contributed by atoms with E-state index in [2.05, 4.69) is 16.7 Å². The predicted octanol–water partition coefficient (Wildman–Crippen LogP) is 1.31. The van der Waals surface area contributed by atoms with Gasteiger partial charge in [0, 0.05) is 45.8 Å². The largest absolute Gasteiger partial charge is 0.389 e. The summed E-state index contributed by atoms with van der Waals surface area (Å²) in [6.45, 7) is 8.58. The molecule has 2 aliphatic heterocycles. The van der Waals surface area contributed by atoms with Gasteiger partial charge in [-0.25, -0.2) is 0 Å². The number of carbonyl (C=O) groups excluding carboxylic acids is 1. The molecule has 3 fully saturated rings. The molecule has 2 saturated heterocycles. The first-order valence-corrected chi connectivity index (χ1v) is 9.55. The second-order valence-electron chi connectivity index (χ2n) is 7.81. The summed E-state index contributed by atoms with van der Waals surface area (Å²) in [5.41, 5.74) is -0.461. The third-order valence-corrected chi connectivity index (χ3v) is 6.03. The zero-order chi connectivity index (χ0) is 16.3. The van der Waals surface area contributed by atoms with E-state index in [-0.39, 0.29) is 6.04 Å². The number of hydrogen-bond donors (Lipinski definition) is 1. The van der Waals surface area contributed by atoms with Crippen molar-refractivity contribution in [1.29, 1.82) is 0 Å². The zero-order valence-corrected chi connectivity index (χ0v) is 14.7. The summed E-state index contributed by atoms with van der Waals surface area (Å²) in [5.74, 6) is 0.307. The molecule has 23 heavy (non-hydrogen) atoms. The highest BCUT2D eigenvalue weighted by Gasteiger charge is 2.34. The Labute approximate surface area is 140 Å². The van der Waals surface area contributed by atoms with Crippen LogP contribution in [-0.2, 0) is 4.79 Å². The summed E-state index contributed by atoms with van der Waals surface area (Å²) in [6.07, 6.45) is 7.83. The number of likely N-dealkylation sites (tertiary alicyclic amines) is 1. The first kappa shape index (κ1) is 17.2. The average Bonchev–Trinajstić information content (AvgIpc) is 3.09. The minimum atomic E-state index is -0.461. The van der Waals surface area contributed by atoms with Gasteiger partial charge in [0.25, 0.3) is 0 Å². The first-order valence-electron chi connectivity index (χ1n) is 9.55. The molecule has 1 N–H and O–H groups in total. The maximum atomic E-state index is 12.5. The van der Waals surface area contributed by atoms with E-state index in [1.165, 1.54) is 6.42 Å². The van der Waals surface area contributed by atoms with Gasteiger partial charge in [-0.05, 0) is 32.6 Å². The van der Waals surface area contributed by atoms with E-state index >= 15 is 0 Å². The van der Waals surface area contributed by atoms with Crippen molar-refractivity contribution in [1.82, 2.24) is 14.7 Å². The maximum Gasteiger partial charge on any atom is 0.239 e. The monoisotopic (exact) mass is 323 g/mol. The van der Waals surface area contributed by atoms with E-state index in [0.717, 1.165) is 84.3 Å². The Balaban J connectivity index is 1.45. The number of aliphatic hydroxyl groups is 1. The molecule has 0 aromatic rings. The van der Waals surface area contributed by atoms with Crippen molar-refractivity contribution in [2.24, 2.45) is 0 Å². The van der Waals surface area contributed by atoms with E-state index < -0.39 is 5.60 Å². The van der Waals surface area contributed by atoms with Crippen molar-refractivity contribution in [2.75, 3.05) is 45.8 Å². The number of piperazine rings is 1. The van der Waals surface area contributed by atoms with Crippen LogP contribution in [0.4, 0.5) is 0 Å². The van der Waals surface area contributed by atoms with Crippen LogP contribution in [0.5, 0.6) is 0 Å². The molecule has 5 nitrogen and oxygen atoms in total. The lowest BCUT2D eigenvalue weighted by Gasteiger charge is -2.42. The molecule has 0 bridgehead atoms. The van der Waals surface area contributed by atoms with Crippen LogP contribution in [-0.4, -0.2) is 83.2 Å². The molecule has 0 spiro atoms. The number of β-amino-alcohol motifs (C(OH)–C–C–N with tert-alkyl or cyclic N) is 1. The summed E-state index contributed by atoms with van der Waals surface area (Å²) in [7, 11) is 0. The summed E-state index contributed by atoms with van der Waals surface area (Å²) in [6, 6.07) is 0.00742. The van der Waals surface area contributed by atoms with Crippen LogP contribution in [0.1, 0.15) is 51.9 Å². The van der Waals surface area contributed by atoms with Gasteiger partial charge in [-0.3, -0.25) is 14.6 Å². The van der Waals surface area contributed by atoms with Gasteiger partial charge in [-0.2, -0.15) is 0 Å². The molecule has 1 aliphatic carbocycles. The smallest absolute Gasteiger partial charge is 0.239 e. The van der Waals surface area contributed by atoms with Gasteiger partial charge in [0.05, 0.1) is 11.6 Å². The van der Waals surface area contributed by atoms with Crippen LogP contribution in [0.15, 0.2) is 0 Å². The van der Waals surface area contributed by atoms with Crippen LogP contribution in [0.25, 0.3) is 0 Å². The van der Waals surface area contributed by atoms with Crippen molar-refractivity contribution in [3.05, 3.63) is 0 Å². The molecule has 3 rings (SSSR count). The Kier molecular flexibility index (Phi) is 5.60. The molecule has 1 atom stereocenters. The van der Waals surface area contributed by atoms with Gasteiger partial charge in [0.15, 0.2) is 0 Å². The third kappa shape index (κ3) is 4.25. The Morgan fingerprint density at radius 1 is 0.957 bits per heavy atom. The highest BCUT2D eigenvalue weighted by atomic mass is 16.3. The van der Waals surface area contributed by atoms with E-state index in [0.29, 0.717) is 5.91 Å². The van der Waals surface area contributed by atoms with Gasteiger partial charge in [0.2, 0.25) is 5.91 Å². The third-order valence-electron chi connectivity index (χ3n) is 6.03. The van der Waals surface area contributed by atoms with Crippen molar-refractivity contribution < 1.29 is 9.90 Å². The first-order chi connectivity index (χ1) is 11.1. The summed E-state index contributed by atoms with van der Waals surface area (Å²) < 4.78 is 0. The van der Waals surface area contributed by atoms with Crippen LogP contribution in [0.3, 0.4) is 0 Å². The van der Waals surface area contributed by atoms with Crippen LogP contribution in [0, 0.1) is 0 Å². The SMILES string of the molecule is CC(C(=O)N1CCCC1)N1CCN(CC2(O)CCCCC2)CC1. The number of hydrogen-bond acceptors (Lipinski definition) is 4. The highest BCUT2D eigenvalue weighted by Crippen LogP contribution is 2.29. The van der Waals surface area contributed by atoms with Crippen LogP contribution >= 0.6 is 0 Å². The van der Waals surface area contributed by atoms with Crippen LogP contribution in [0.2, 0.25) is 0 Å². The van der Waals surface area contributed by atoms with Gasteiger partial charge < -0.3 is 10.0 Å². The fraction of sp³-hybridized carbons (Fsp3) is 0.944. The Morgan fingerprint density at radius 3 is 2.17 bits per heavy atom. The van der Waals surface area contributed by atoms with Gasteiger partial charge >= 0.3 is 0 Å². The molecule has 0 aromatic heterocycles. The van der Waals surface area contributed by atoms with Crippen LogP contribution < -0.4 is 0 Å². The van der Waals surface area contributed by atoms with Crippen molar-refractivity contribution >= 4 is 5.91 Å². The van der Waals surface area contributed by atoms with E-state index in [9.17, 15) is 9.90 Å². The molecule has 5 heteroatoms. The second-order valence-corrected chi connectivity index (χ2v) is 7.81. The summed E-state index contributed by atoms with van der Waals surface area (Å²) in [4.78, 5) is 19.3. The Bertz CT molecular complexity index is 395. The lowest BCUT2D eigenvalue weighted by atomic mass is 9.84. The lowest BCUT2D eigenvalue weighted by Crippen LogP contribution is -2.56. The molecule has 1 amide bonds. The molecule has 2 heterocycles. The number of carbonyl (C=O) groups is 1. The van der Waals surface area contributed by atoms with E-state index in [1.54, 1.807) is 0 Å². The molecule has 0 aromatic carbocycles. The van der Waals surface area contributed by atoms with E-state index in [4.69, 9.17) is 0 Å². The zero-order valence-electron chi connectivity index (χ0n) is 14.7. The minimum absolute atomic E-state index is 0.00742. The summed E-state index contributed by atoms with van der Waals surface area (Å²) in [5, 5.41) is 10.7. The topological polar surface area (TPSA) is 47.0 Å². The maximum absolute atomic E-state index is 12.5. The second kappa shape index (κ2) is 7.49. The molecular weight excluding hydrogens is 290 g/mol. The molecule has 132 valence electrons. The average molecular weight is 323 g/mol. The minimum Gasteiger partial charge on any atom is -0.389 e. The molecule has 3 aliphatic rings. The van der Waals surface area contributed by atoms with Gasteiger partial charge in [0.1, 0.15) is 0 Å². The Hall–Kier alpha value is -0.650. The highest BCUT2D eigenvalue weighted by molar-refractivity contribution is 5.81. The van der Waals surface area contributed by atoms with Crippen molar-refractivity contribution in [3.8, 4) is 0 Å². The molecule has 1 saturated carbocycles. The van der Waals surface area contributed by atoms with Gasteiger partial charge in [-0.15, -0.1) is 0 Å². The number of amides is 1. The normalized spacial score (nSPS) is 28.0. The standard InChI is InChI=1S/C18H33N3O2/c1-16(17(22)21-9-5-6-10-21)20-13-11-19(12-14-20)15-18(23)7-3-2-4-8-18/h16,23H,2-15H2,1H3. The van der Waals surface area contributed by atoms with Crippen molar-refractivity contribution in [3.63, 3.8) is 0 Å². The summed E-state index contributed by atoms with van der Waals surface area (Å²) >= 11 is 0. The molecule has 1 unspecified atom stereocenters. The number of rotatable bonds is 4. The number of nitrogens with zero attached hydrogens (tertiary/aromatic N) is 3. The van der Waals surface area contributed by atoms with Crippen molar-refractivity contribution in [2.45, 2.75) is 63.5 Å². The lowest BCUT2D eigenvalue weighted by molar-refractivity contribution is -0.136. The van der Waals surface area contributed by atoms with E-state index in [1.807, 2.05) is 4.90 Å².